The second-order valence-corrected chi connectivity index (χ2v) is 7.96. The molecule has 3 rings (SSSR count). The molecule has 1 aliphatic rings. The third kappa shape index (κ3) is 3.72. The number of carbonyl (C=O) groups excluding carboxylic acids is 1. The summed E-state index contributed by atoms with van der Waals surface area (Å²) in [4.78, 5) is 12.3. The maximum Gasteiger partial charge on any atom is 0.322 e. The normalized spacial score (nSPS) is 18.9. The quantitative estimate of drug-likeness (QED) is 0.891. The first-order chi connectivity index (χ1) is 11.9. The Morgan fingerprint density at radius 2 is 1.96 bits per heavy atom. The Hall–Kier alpha value is -2.26. The zero-order chi connectivity index (χ0) is 18.0. The molecular formula is C16H20N4O4S. The summed E-state index contributed by atoms with van der Waals surface area (Å²) in [5.41, 5.74) is 0.307. The van der Waals surface area contributed by atoms with E-state index in [1.54, 1.807) is 6.92 Å². The SMILES string of the molecule is Cc1nnc(NC(=O)c2ccc(S(=O)(=O)N3CCCC[C@@H]3C)cc2)o1. The minimum atomic E-state index is -3.55. The number of carbonyl (C=O) groups is 1. The lowest BCUT2D eigenvalue weighted by Crippen LogP contribution is -2.41. The van der Waals surface area contributed by atoms with Gasteiger partial charge in [0.1, 0.15) is 0 Å². The second-order valence-electron chi connectivity index (χ2n) is 6.07. The summed E-state index contributed by atoms with van der Waals surface area (Å²) in [6, 6.07) is 5.83. The summed E-state index contributed by atoms with van der Waals surface area (Å²) in [6.45, 7) is 4.07. The average molecular weight is 364 g/mol. The van der Waals surface area contributed by atoms with Gasteiger partial charge in [0.15, 0.2) is 0 Å². The van der Waals surface area contributed by atoms with Crippen LogP contribution in [0.2, 0.25) is 0 Å². The van der Waals surface area contributed by atoms with E-state index in [1.165, 1.54) is 28.6 Å². The van der Waals surface area contributed by atoms with E-state index >= 15 is 0 Å². The maximum absolute atomic E-state index is 12.8. The number of amides is 1. The fourth-order valence-electron chi connectivity index (χ4n) is 2.86. The number of hydrogen-bond donors (Lipinski definition) is 1. The number of aryl methyl sites for hydroxylation is 1. The van der Waals surface area contributed by atoms with Crippen LogP contribution in [0.3, 0.4) is 0 Å². The van der Waals surface area contributed by atoms with Crippen molar-refractivity contribution in [2.45, 2.75) is 44.0 Å². The molecule has 1 aliphatic heterocycles. The number of aromatic nitrogens is 2. The fraction of sp³-hybridized carbons (Fsp3) is 0.438. The second kappa shape index (κ2) is 6.93. The zero-order valence-electron chi connectivity index (χ0n) is 14.1. The number of hydrogen-bond acceptors (Lipinski definition) is 6. The highest BCUT2D eigenvalue weighted by Crippen LogP contribution is 2.25. The topological polar surface area (TPSA) is 105 Å². The maximum atomic E-state index is 12.8. The van der Waals surface area contributed by atoms with E-state index < -0.39 is 15.9 Å². The van der Waals surface area contributed by atoms with Gasteiger partial charge < -0.3 is 4.42 Å². The van der Waals surface area contributed by atoms with Gasteiger partial charge in [-0.15, -0.1) is 5.10 Å². The summed E-state index contributed by atoms with van der Waals surface area (Å²) in [7, 11) is -3.55. The predicted octanol–water partition coefficient (Wildman–Crippen LogP) is 2.19. The molecule has 8 nitrogen and oxygen atoms in total. The lowest BCUT2D eigenvalue weighted by atomic mass is 10.1. The van der Waals surface area contributed by atoms with Gasteiger partial charge in [-0.3, -0.25) is 10.1 Å². The van der Waals surface area contributed by atoms with Gasteiger partial charge in [-0.2, -0.15) is 4.31 Å². The van der Waals surface area contributed by atoms with Gasteiger partial charge >= 0.3 is 6.01 Å². The molecule has 0 saturated carbocycles. The first-order valence-corrected chi connectivity index (χ1v) is 9.55. The van der Waals surface area contributed by atoms with Gasteiger partial charge in [-0.25, -0.2) is 8.42 Å². The van der Waals surface area contributed by atoms with Crippen molar-refractivity contribution in [3.63, 3.8) is 0 Å². The van der Waals surface area contributed by atoms with Gasteiger partial charge in [0.05, 0.1) is 4.90 Å². The molecule has 2 aromatic rings. The minimum absolute atomic E-state index is 0.00124. The van der Waals surface area contributed by atoms with E-state index in [0.717, 1.165) is 19.3 Å². The molecule has 0 aliphatic carbocycles. The first kappa shape index (κ1) is 17.6. The summed E-state index contributed by atoms with van der Waals surface area (Å²) in [6.07, 6.45) is 2.78. The van der Waals surface area contributed by atoms with Crippen LogP contribution < -0.4 is 5.32 Å². The monoisotopic (exact) mass is 364 g/mol. The van der Waals surface area contributed by atoms with Crippen LogP contribution in [-0.4, -0.2) is 41.4 Å². The minimum Gasteiger partial charge on any atom is -0.408 e. The molecule has 1 N–H and O–H groups in total. The fourth-order valence-corrected chi connectivity index (χ4v) is 4.56. The number of nitrogens with one attached hydrogen (secondary N) is 1. The highest BCUT2D eigenvalue weighted by molar-refractivity contribution is 7.89. The molecule has 1 aromatic heterocycles. The van der Waals surface area contributed by atoms with Crippen molar-refractivity contribution < 1.29 is 17.6 Å². The molecule has 9 heteroatoms. The van der Waals surface area contributed by atoms with E-state index in [-0.39, 0.29) is 17.0 Å². The summed E-state index contributed by atoms with van der Waals surface area (Å²) in [5.74, 6) is -0.105. The molecule has 1 fully saturated rings. The standard InChI is InChI=1S/C16H20N4O4S/c1-11-5-3-4-10-20(11)25(22,23)14-8-6-13(7-9-14)15(21)17-16-19-18-12(2)24-16/h6-9,11H,3-5,10H2,1-2H3,(H,17,19,21)/t11-/m0/s1. The molecular weight excluding hydrogens is 344 g/mol. The number of nitrogens with zero attached hydrogens (tertiary/aromatic N) is 3. The summed E-state index contributed by atoms with van der Waals surface area (Å²) in [5, 5.41) is 9.78. The van der Waals surface area contributed by atoms with Gasteiger partial charge in [0, 0.05) is 25.1 Å². The van der Waals surface area contributed by atoms with Crippen LogP contribution in [0, 0.1) is 6.92 Å². The molecule has 1 atom stereocenters. The molecule has 2 heterocycles. The van der Waals surface area contributed by atoms with Crippen LogP contribution in [0.5, 0.6) is 0 Å². The molecule has 1 amide bonds. The Morgan fingerprint density at radius 1 is 1.24 bits per heavy atom. The Balaban J connectivity index is 1.76. The lowest BCUT2D eigenvalue weighted by Gasteiger charge is -2.32. The van der Waals surface area contributed by atoms with Crippen molar-refractivity contribution in [1.29, 1.82) is 0 Å². The molecule has 1 aromatic carbocycles. The molecule has 134 valence electrons. The Labute approximate surface area is 146 Å². The molecule has 0 radical (unpaired) electrons. The predicted molar refractivity (Wildman–Crippen MR) is 90.6 cm³/mol. The molecule has 25 heavy (non-hydrogen) atoms. The third-order valence-corrected chi connectivity index (χ3v) is 6.24. The Morgan fingerprint density at radius 3 is 2.56 bits per heavy atom. The molecule has 1 saturated heterocycles. The van der Waals surface area contributed by atoms with Crippen LogP contribution in [0.4, 0.5) is 6.01 Å². The van der Waals surface area contributed by atoms with E-state index in [2.05, 4.69) is 15.5 Å². The van der Waals surface area contributed by atoms with Crippen molar-refractivity contribution in [2.24, 2.45) is 0 Å². The smallest absolute Gasteiger partial charge is 0.322 e. The van der Waals surface area contributed by atoms with Crippen LogP contribution in [0.25, 0.3) is 0 Å². The number of benzene rings is 1. The van der Waals surface area contributed by atoms with Crippen LogP contribution >= 0.6 is 0 Å². The van der Waals surface area contributed by atoms with Crippen LogP contribution in [0.15, 0.2) is 33.6 Å². The van der Waals surface area contributed by atoms with Crippen molar-refractivity contribution in [1.82, 2.24) is 14.5 Å². The van der Waals surface area contributed by atoms with E-state index in [1.807, 2.05) is 6.92 Å². The van der Waals surface area contributed by atoms with Gasteiger partial charge in [-0.1, -0.05) is 11.5 Å². The Kier molecular flexibility index (Phi) is 4.87. The first-order valence-electron chi connectivity index (χ1n) is 8.11. The highest BCUT2D eigenvalue weighted by atomic mass is 32.2. The van der Waals surface area contributed by atoms with E-state index in [4.69, 9.17) is 4.42 Å². The number of rotatable bonds is 4. The number of anilines is 1. The van der Waals surface area contributed by atoms with Gasteiger partial charge in [-0.05, 0) is 44.0 Å². The van der Waals surface area contributed by atoms with Gasteiger partial charge in [0.25, 0.3) is 5.91 Å². The van der Waals surface area contributed by atoms with E-state index in [0.29, 0.717) is 18.0 Å². The Bertz CT molecular complexity index is 861. The van der Waals surface area contributed by atoms with Crippen molar-refractivity contribution >= 4 is 21.9 Å². The third-order valence-electron chi connectivity index (χ3n) is 4.21. The van der Waals surface area contributed by atoms with Crippen molar-refractivity contribution in [2.75, 3.05) is 11.9 Å². The van der Waals surface area contributed by atoms with Crippen LogP contribution in [-0.2, 0) is 10.0 Å². The highest BCUT2D eigenvalue weighted by Gasteiger charge is 2.30. The molecule has 0 bridgehead atoms. The summed E-state index contributed by atoms with van der Waals surface area (Å²) >= 11 is 0. The lowest BCUT2D eigenvalue weighted by molar-refractivity contribution is 0.102. The van der Waals surface area contributed by atoms with Crippen molar-refractivity contribution in [3.05, 3.63) is 35.7 Å². The molecule has 0 unspecified atom stereocenters. The number of piperidine rings is 1. The zero-order valence-corrected chi connectivity index (χ0v) is 14.9. The average Bonchev–Trinajstić information content (AvgIpc) is 3.00. The van der Waals surface area contributed by atoms with Crippen molar-refractivity contribution in [3.8, 4) is 0 Å². The number of sulfonamides is 1. The van der Waals surface area contributed by atoms with Gasteiger partial charge in [0.2, 0.25) is 15.9 Å². The van der Waals surface area contributed by atoms with E-state index in [9.17, 15) is 13.2 Å². The van der Waals surface area contributed by atoms with Crippen LogP contribution in [0.1, 0.15) is 42.4 Å². The summed E-state index contributed by atoms with van der Waals surface area (Å²) < 4.78 is 32.2. The largest absolute Gasteiger partial charge is 0.408 e. The molecule has 0 spiro atoms.